The molecule has 2 rings (SSSR count). The summed E-state index contributed by atoms with van der Waals surface area (Å²) in [5, 5.41) is 3.30. The number of nitrogens with one attached hydrogen (secondary N) is 2. The number of rotatable bonds is 5. The first-order valence-electron chi connectivity index (χ1n) is 7.07. The standard InChI is InChI=1S/C14H22BrN3O2S/c1-18(2)12-5-6-13(15)14(8-12)21(19,20)17-10-11-4-3-7-16-9-11/h5-6,8,11,16-17H,3-4,7,9-10H2,1-2H3. The molecule has 1 heterocycles. The van der Waals surface area contributed by atoms with E-state index in [4.69, 9.17) is 0 Å². The van der Waals surface area contributed by atoms with Crippen LogP contribution in [0.25, 0.3) is 0 Å². The van der Waals surface area contributed by atoms with Crippen molar-refractivity contribution in [3.05, 3.63) is 22.7 Å². The first-order chi connectivity index (χ1) is 9.90. The number of piperidine rings is 1. The topological polar surface area (TPSA) is 61.4 Å². The Morgan fingerprint density at radius 2 is 2.19 bits per heavy atom. The van der Waals surface area contributed by atoms with Gasteiger partial charge < -0.3 is 10.2 Å². The lowest BCUT2D eigenvalue weighted by Crippen LogP contribution is -2.38. The molecular formula is C14H22BrN3O2S. The van der Waals surface area contributed by atoms with Gasteiger partial charge in [-0.05, 0) is 66.0 Å². The van der Waals surface area contributed by atoms with Gasteiger partial charge in [0.1, 0.15) is 0 Å². The first kappa shape index (κ1) is 16.7. The van der Waals surface area contributed by atoms with Gasteiger partial charge >= 0.3 is 0 Å². The third-order valence-electron chi connectivity index (χ3n) is 3.68. The molecule has 0 radical (unpaired) electrons. The molecule has 0 amide bonds. The summed E-state index contributed by atoms with van der Waals surface area (Å²) < 4.78 is 28.3. The van der Waals surface area contributed by atoms with Crippen molar-refractivity contribution in [3.8, 4) is 0 Å². The van der Waals surface area contributed by atoms with Crippen LogP contribution < -0.4 is 14.9 Å². The SMILES string of the molecule is CN(C)c1ccc(Br)c(S(=O)(=O)NCC2CCCNC2)c1. The Labute approximate surface area is 135 Å². The van der Waals surface area contributed by atoms with Gasteiger partial charge in [-0.25, -0.2) is 13.1 Å². The Kier molecular flexibility index (Phi) is 5.65. The number of nitrogens with zero attached hydrogens (tertiary/aromatic N) is 1. The van der Waals surface area contributed by atoms with E-state index >= 15 is 0 Å². The molecule has 1 aliphatic heterocycles. The van der Waals surface area contributed by atoms with Gasteiger partial charge in [-0.15, -0.1) is 0 Å². The van der Waals surface area contributed by atoms with Crippen molar-refractivity contribution < 1.29 is 8.42 Å². The molecule has 0 aromatic heterocycles. The van der Waals surface area contributed by atoms with Crippen LogP contribution in [0.3, 0.4) is 0 Å². The van der Waals surface area contributed by atoms with Crippen LogP contribution in [0.5, 0.6) is 0 Å². The highest BCUT2D eigenvalue weighted by molar-refractivity contribution is 9.10. The second-order valence-corrected chi connectivity index (χ2v) is 8.16. The third-order valence-corrected chi connectivity index (χ3v) is 6.10. The summed E-state index contributed by atoms with van der Waals surface area (Å²) in [6.45, 7) is 2.38. The maximum Gasteiger partial charge on any atom is 0.241 e. The Balaban J connectivity index is 2.12. The minimum absolute atomic E-state index is 0.289. The normalized spacial score (nSPS) is 19.5. The Hall–Kier alpha value is -0.630. The van der Waals surface area contributed by atoms with Crippen molar-refractivity contribution in [1.82, 2.24) is 10.0 Å². The summed E-state index contributed by atoms with van der Waals surface area (Å²) in [5.74, 6) is 0.365. The Bertz CT molecular complexity index is 584. The lowest BCUT2D eigenvalue weighted by atomic mass is 10.0. The zero-order valence-electron chi connectivity index (χ0n) is 12.4. The van der Waals surface area contributed by atoms with Gasteiger partial charge in [0.15, 0.2) is 0 Å². The number of sulfonamides is 1. The molecule has 5 nitrogen and oxygen atoms in total. The van der Waals surface area contributed by atoms with E-state index in [0.29, 0.717) is 16.9 Å². The average Bonchev–Trinajstić information content (AvgIpc) is 2.46. The van der Waals surface area contributed by atoms with Gasteiger partial charge in [0.05, 0.1) is 4.90 Å². The molecule has 1 fully saturated rings. The molecule has 1 aliphatic rings. The van der Waals surface area contributed by atoms with Crippen LogP contribution >= 0.6 is 15.9 Å². The molecule has 1 unspecified atom stereocenters. The average molecular weight is 376 g/mol. The third kappa shape index (κ3) is 4.42. The van der Waals surface area contributed by atoms with Gasteiger partial charge in [-0.1, -0.05) is 0 Å². The Morgan fingerprint density at radius 3 is 2.81 bits per heavy atom. The maximum atomic E-state index is 12.5. The quantitative estimate of drug-likeness (QED) is 0.823. The van der Waals surface area contributed by atoms with E-state index in [9.17, 15) is 8.42 Å². The molecule has 1 aromatic rings. The van der Waals surface area contributed by atoms with Crippen LogP contribution in [0.15, 0.2) is 27.6 Å². The minimum atomic E-state index is -3.50. The molecule has 118 valence electrons. The van der Waals surface area contributed by atoms with Gasteiger partial charge in [0, 0.05) is 30.8 Å². The van der Waals surface area contributed by atoms with E-state index in [1.807, 2.05) is 25.1 Å². The van der Waals surface area contributed by atoms with Crippen molar-refractivity contribution in [2.24, 2.45) is 5.92 Å². The van der Waals surface area contributed by atoms with Gasteiger partial charge in [0.2, 0.25) is 10.0 Å². The number of benzene rings is 1. The van der Waals surface area contributed by atoms with E-state index in [0.717, 1.165) is 31.6 Å². The summed E-state index contributed by atoms with van der Waals surface area (Å²) >= 11 is 3.33. The van der Waals surface area contributed by atoms with Crippen LogP contribution in [0.2, 0.25) is 0 Å². The summed E-state index contributed by atoms with van der Waals surface area (Å²) in [5.41, 5.74) is 0.859. The highest BCUT2D eigenvalue weighted by atomic mass is 79.9. The zero-order valence-corrected chi connectivity index (χ0v) is 14.8. The predicted octanol–water partition coefficient (Wildman–Crippen LogP) is 1.79. The van der Waals surface area contributed by atoms with Crippen molar-refractivity contribution in [3.63, 3.8) is 0 Å². The highest BCUT2D eigenvalue weighted by Gasteiger charge is 2.21. The Morgan fingerprint density at radius 1 is 1.43 bits per heavy atom. The summed E-state index contributed by atoms with van der Waals surface area (Å²) in [7, 11) is 0.282. The molecule has 1 aromatic carbocycles. The molecule has 7 heteroatoms. The van der Waals surface area contributed by atoms with E-state index in [1.165, 1.54) is 0 Å². The summed E-state index contributed by atoms with van der Waals surface area (Å²) in [4.78, 5) is 2.17. The molecule has 21 heavy (non-hydrogen) atoms. The number of hydrogen-bond acceptors (Lipinski definition) is 4. The fourth-order valence-corrected chi connectivity index (χ4v) is 4.48. The second-order valence-electron chi connectivity index (χ2n) is 5.57. The lowest BCUT2D eigenvalue weighted by Gasteiger charge is -2.23. The number of hydrogen-bond donors (Lipinski definition) is 2. The highest BCUT2D eigenvalue weighted by Crippen LogP contribution is 2.26. The first-order valence-corrected chi connectivity index (χ1v) is 9.35. The zero-order chi connectivity index (χ0) is 15.5. The fourth-order valence-electron chi connectivity index (χ4n) is 2.38. The van der Waals surface area contributed by atoms with Crippen LogP contribution in [-0.4, -0.2) is 42.1 Å². The molecule has 1 saturated heterocycles. The monoisotopic (exact) mass is 375 g/mol. The van der Waals surface area contributed by atoms with E-state index < -0.39 is 10.0 Å². The van der Waals surface area contributed by atoms with E-state index in [1.54, 1.807) is 12.1 Å². The largest absolute Gasteiger partial charge is 0.378 e. The molecule has 0 bridgehead atoms. The van der Waals surface area contributed by atoms with Crippen molar-refractivity contribution in [2.45, 2.75) is 17.7 Å². The molecule has 0 saturated carbocycles. The number of anilines is 1. The molecule has 2 N–H and O–H groups in total. The molecule has 1 atom stereocenters. The van der Waals surface area contributed by atoms with E-state index in [2.05, 4.69) is 26.0 Å². The van der Waals surface area contributed by atoms with Crippen LogP contribution in [0.4, 0.5) is 5.69 Å². The molecule has 0 spiro atoms. The van der Waals surface area contributed by atoms with Crippen molar-refractivity contribution >= 4 is 31.6 Å². The van der Waals surface area contributed by atoms with Crippen molar-refractivity contribution in [1.29, 1.82) is 0 Å². The van der Waals surface area contributed by atoms with Crippen LogP contribution in [0, 0.1) is 5.92 Å². The van der Waals surface area contributed by atoms with Crippen LogP contribution in [0.1, 0.15) is 12.8 Å². The van der Waals surface area contributed by atoms with E-state index in [-0.39, 0.29) is 4.90 Å². The molecule has 0 aliphatic carbocycles. The number of halogens is 1. The van der Waals surface area contributed by atoms with Gasteiger partial charge in [-0.2, -0.15) is 0 Å². The maximum absolute atomic E-state index is 12.5. The van der Waals surface area contributed by atoms with Gasteiger partial charge in [0.25, 0.3) is 0 Å². The minimum Gasteiger partial charge on any atom is -0.378 e. The van der Waals surface area contributed by atoms with Crippen molar-refractivity contribution in [2.75, 3.05) is 38.6 Å². The lowest BCUT2D eigenvalue weighted by molar-refractivity contribution is 0.376. The van der Waals surface area contributed by atoms with Crippen LogP contribution in [-0.2, 0) is 10.0 Å². The second kappa shape index (κ2) is 7.09. The smallest absolute Gasteiger partial charge is 0.241 e. The fraction of sp³-hybridized carbons (Fsp3) is 0.571. The predicted molar refractivity (Wildman–Crippen MR) is 89.3 cm³/mol. The summed E-state index contributed by atoms with van der Waals surface area (Å²) in [6.07, 6.45) is 2.17. The molecular weight excluding hydrogens is 354 g/mol. The summed E-state index contributed by atoms with van der Waals surface area (Å²) in [6, 6.07) is 5.34. The van der Waals surface area contributed by atoms with Gasteiger partial charge in [-0.3, -0.25) is 0 Å².